The summed E-state index contributed by atoms with van der Waals surface area (Å²) in [5.41, 5.74) is 4.71. The van der Waals surface area contributed by atoms with Gasteiger partial charge in [-0.3, -0.25) is 4.79 Å². The van der Waals surface area contributed by atoms with E-state index in [-0.39, 0.29) is 11.8 Å². The maximum Gasteiger partial charge on any atom is 0.231 e. The molecule has 0 aliphatic carbocycles. The second kappa shape index (κ2) is 6.01. The lowest BCUT2D eigenvalue weighted by molar-refractivity contribution is -0.121. The van der Waals surface area contributed by atoms with Crippen LogP contribution in [0.5, 0.6) is 0 Å². The molecule has 1 atom stereocenters. The van der Waals surface area contributed by atoms with Gasteiger partial charge in [0, 0.05) is 25.3 Å². The fraction of sp³-hybridized carbons (Fsp3) is 0.300. The van der Waals surface area contributed by atoms with Gasteiger partial charge >= 0.3 is 0 Å². The highest BCUT2D eigenvalue weighted by Gasteiger charge is 2.35. The fourth-order valence-electron chi connectivity index (χ4n) is 3.82. The number of benzene rings is 2. The Hall–Kier alpha value is -2.80. The van der Waals surface area contributed by atoms with Crippen LogP contribution in [0.3, 0.4) is 0 Å². The van der Waals surface area contributed by atoms with Crippen LogP contribution in [0.15, 0.2) is 48.5 Å². The summed E-state index contributed by atoms with van der Waals surface area (Å²) in [6, 6.07) is 16.5. The maximum atomic E-state index is 12.9. The van der Waals surface area contributed by atoms with E-state index < -0.39 is 0 Å². The molecule has 0 saturated carbocycles. The first-order valence-corrected chi connectivity index (χ1v) is 8.41. The molecule has 0 aromatic heterocycles. The van der Waals surface area contributed by atoms with Crippen molar-refractivity contribution in [3.63, 3.8) is 0 Å². The molecule has 0 bridgehead atoms. The number of nitrogens with zero attached hydrogens (tertiary/aromatic N) is 3. The molecule has 1 saturated heterocycles. The molecule has 1 amide bonds. The smallest absolute Gasteiger partial charge is 0.231 e. The number of hydrogen-bond acceptors (Lipinski definition) is 3. The van der Waals surface area contributed by atoms with Crippen LogP contribution in [-0.4, -0.2) is 30.4 Å². The van der Waals surface area contributed by atoms with Crippen LogP contribution in [-0.2, 0) is 11.2 Å². The number of carbonyl (C=O) groups excluding carboxylic acids is 1. The summed E-state index contributed by atoms with van der Waals surface area (Å²) in [7, 11) is 0. The summed E-state index contributed by atoms with van der Waals surface area (Å²) in [4.78, 5) is 16.5. The van der Waals surface area contributed by atoms with Crippen LogP contribution >= 0.6 is 0 Å². The van der Waals surface area contributed by atoms with E-state index in [1.54, 1.807) is 4.90 Å². The Kier molecular flexibility index (Phi) is 3.70. The van der Waals surface area contributed by atoms with Gasteiger partial charge in [0.2, 0.25) is 5.91 Å². The van der Waals surface area contributed by atoms with E-state index in [4.69, 9.17) is 5.26 Å². The zero-order valence-electron chi connectivity index (χ0n) is 13.5. The predicted molar refractivity (Wildman–Crippen MR) is 93.2 cm³/mol. The molecule has 24 heavy (non-hydrogen) atoms. The molecular formula is C20H19N3O. The zero-order chi connectivity index (χ0) is 16.5. The second-order valence-electron chi connectivity index (χ2n) is 6.44. The average molecular weight is 317 g/mol. The van der Waals surface area contributed by atoms with E-state index in [2.05, 4.69) is 24.4 Å². The minimum Gasteiger partial charge on any atom is -0.311 e. The second-order valence-corrected chi connectivity index (χ2v) is 6.44. The van der Waals surface area contributed by atoms with Crippen LogP contribution in [0.25, 0.3) is 11.1 Å². The van der Waals surface area contributed by atoms with Gasteiger partial charge in [0.05, 0.1) is 5.92 Å². The van der Waals surface area contributed by atoms with Crippen LogP contribution in [0.1, 0.15) is 12.0 Å². The first-order chi connectivity index (χ1) is 11.8. The maximum absolute atomic E-state index is 12.9. The first-order valence-electron chi connectivity index (χ1n) is 8.41. The number of hydrogen-bond donors (Lipinski definition) is 0. The third-order valence-corrected chi connectivity index (χ3v) is 5.06. The third-order valence-electron chi connectivity index (χ3n) is 5.06. The van der Waals surface area contributed by atoms with E-state index in [0.717, 1.165) is 25.1 Å². The van der Waals surface area contributed by atoms with Crippen molar-refractivity contribution in [2.75, 3.05) is 24.5 Å². The largest absolute Gasteiger partial charge is 0.311 e. The van der Waals surface area contributed by atoms with Crippen molar-refractivity contribution in [2.45, 2.75) is 12.8 Å². The van der Waals surface area contributed by atoms with E-state index >= 15 is 0 Å². The number of nitriles is 1. The van der Waals surface area contributed by atoms with Gasteiger partial charge in [0.15, 0.2) is 6.19 Å². The summed E-state index contributed by atoms with van der Waals surface area (Å²) < 4.78 is 0. The molecule has 1 fully saturated rings. The van der Waals surface area contributed by atoms with Gasteiger partial charge < -0.3 is 9.80 Å². The molecule has 0 N–H and O–H groups in total. The molecule has 120 valence electrons. The zero-order valence-corrected chi connectivity index (χ0v) is 13.5. The average Bonchev–Trinajstić information content (AvgIpc) is 3.28. The van der Waals surface area contributed by atoms with Gasteiger partial charge in [0.25, 0.3) is 0 Å². The predicted octanol–water partition coefficient (Wildman–Crippen LogP) is 3.05. The Balaban J connectivity index is 1.63. The van der Waals surface area contributed by atoms with E-state index in [0.29, 0.717) is 13.1 Å². The number of amides is 1. The van der Waals surface area contributed by atoms with Gasteiger partial charge in [-0.1, -0.05) is 42.5 Å². The van der Waals surface area contributed by atoms with Crippen molar-refractivity contribution >= 4 is 11.6 Å². The van der Waals surface area contributed by atoms with Crippen LogP contribution in [0.4, 0.5) is 5.69 Å². The minimum absolute atomic E-state index is 0.0593. The Labute approximate surface area is 141 Å². The van der Waals surface area contributed by atoms with Crippen LogP contribution in [0.2, 0.25) is 0 Å². The fourth-order valence-corrected chi connectivity index (χ4v) is 3.82. The number of anilines is 1. The highest BCUT2D eigenvalue weighted by Crippen LogP contribution is 2.37. The van der Waals surface area contributed by atoms with Crippen LogP contribution in [0, 0.1) is 17.4 Å². The molecule has 0 spiro atoms. The van der Waals surface area contributed by atoms with Crippen molar-refractivity contribution in [1.29, 1.82) is 5.26 Å². The lowest BCUT2D eigenvalue weighted by Crippen LogP contribution is -2.35. The lowest BCUT2D eigenvalue weighted by Gasteiger charge is -2.21. The summed E-state index contributed by atoms with van der Waals surface area (Å²) in [5, 5.41) is 9.00. The Morgan fingerprint density at radius 3 is 2.67 bits per heavy atom. The topological polar surface area (TPSA) is 47.3 Å². The normalized spacial score (nSPS) is 19.2. The molecule has 4 heteroatoms. The summed E-state index contributed by atoms with van der Waals surface area (Å²) in [5.74, 6) is 0.104. The van der Waals surface area contributed by atoms with Crippen LogP contribution < -0.4 is 4.90 Å². The Morgan fingerprint density at radius 2 is 1.92 bits per heavy atom. The molecule has 4 rings (SSSR count). The SMILES string of the molecule is N#CN1CC[C@H](C(=O)N2CCc3c(-c4ccccc4)cccc32)C1. The third kappa shape index (κ3) is 2.43. The van der Waals surface area contributed by atoms with Crippen molar-refractivity contribution in [3.8, 4) is 17.3 Å². The van der Waals surface area contributed by atoms with E-state index in [1.165, 1.54) is 16.7 Å². The van der Waals surface area contributed by atoms with E-state index in [9.17, 15) is 4.79 Å². The molecule has 2 aliphatic rings. The number of rotatable bonds is 2. The number of carbonyl (C=O) groups is 1. The van der Waals surface area contributed by atoms with E-state index in [1.807, 2.05) is 35.2 Å². The van der Waals surface area contributed by atoms with Gasteiger partial charge in [-0.25, -0.2) is 0 Å². The van der Waals surface area contributed by atoms with Crippen molar-refractivity contribution < 1.29 is 4.79 Å². The Bertz CT molecular complexity index is 809. The van der Waals surface area contributed by atoms with Crippen molar-refractivity contribution in [2.24, 2.45) is 5.92 Å². The highest BCUT2D eigenvalue weighted by atomic mass is 16.2. The molecule has 0 radical (unpaired) electrons. The number of fused-ring (bicyclic) bond motifs is 1. The molecular weight excluding hydrogens is 298 g/mol. The molecule has 2 heterocycles. The summed E-state index contributed by atoms with van der Waals surface area (Å²) >= 11 is 0. The molecule has 2 aromatic carbocycles. The quantitative estimate of drug-likeness (QED) is 0.800. The summed E-state index contributed by atoms with van der Waals surface area (Å²) in [6.45, 7) is 1.98. The van der Waals surface area contributed by atoms with Gasteiger partial charge in [0.1, 0.15) is 0 Å². The van der Waals surface area contributed by atoms with Crippen molar-refractivity contribution in [1.82, 2.24) is 4.90 Å². The van der Waals surface area contributed by atoms with Gasteiger partial charge in [-0.15, -0.1) is 0 Å². The van der Waals surface area contributed by atoms with Gasteiger partial charge in [-0.2, -0.15) is 5.26 Å². The summed E-state index contributed by atoms with van der Waals surface area (Å²) in [6.07, 6.45) is 3.82. The van der Waals surface area contributed by atoms with Gasteiger partial charge in [-0.05, 0) is 35.6 Å². The Morgan fingerprint density at radius 1 is 1.08 bits per heavy atom. The molecule has 2 aromatic rings. The number of likely N-dealkylation sites (tertiary alicyclic amines) is 1. The highest BCUT2D eigenvalue weighted by molar-refractivity contribution is 5.98. The first kappa shape index (κ1) is 14.8. The molecule has 2 aliphatic heterocycles. The lowest BCUT2D eigenvalue weighted by atomic mass is 9.98. The molecule has 4 nitrogen and oxygen atoms in total. The monoisotopic (exact) mass is 317 g/mol. The molecule has 0 unspecified atom stereocenters. The minimum atomic E-state index is -0.0593. The van der Waals surface area contributed by atoms with Crippen molar-refractivity contribution in [3.05, 3.63) is 54.1 Å². The standard InChI is InChI=1S/C20H19N3O/c21-14-22-11-9-16(13-22)20(24)23-12-10-18-17(7-4-8-19(18)23)15-5-2-1-3-6-15/h1-8,16H,9-13H2/t16-/m0/s1.